The largest absolute Gasteiger partial charge is 0.497 e. The molecule has 4 aromatic rings. The Labute approximate surface area is 166 Å². The first-order valence-corrected chi connectivity index (χ1v) is 8.94. The number of nitrogens with one attached hydrogen (secondary N) is 2. The summed E-state index contributed by atoms with van der Waals surface area (Å²) in [6.07, 6.45) is 0. The number of H-pyrrole nitrogens is 1. The average molecular weight is 412 g/mol. The van der Waals surface area contributed by atoms with Crippen LogP contribution < -0.4 is 14.8 Å². The fourth-order valence-electron chi connectivity index (χ4n) is 2.58. The lowest BCUT2D eigenvalue weighted by atomic mass is 10.2. The van der Waals surface area contributed by atoms with Crippen LogP contribution in [0.5, 0.6) is 17.2 Å². The number of rotatable bonds is 6. The number of carbonyl (C=O) groups excluding carboxylic acids is 1. The number of aromatic nitrogens is 4. The summed E-state index contributed by atoms with van der Waals surface area (Å²) in [5.41, 5.74) is -0.127. The number of carbonyl (C=O) groups is 1. The van der Waals surface area contributed by atoms with Crippen molar-refractivity contribution in [2.75, 3.05) is 12.4 Å². The SMILES string of the molecule is COc1ccc2sc(C(=O)Nc3nn[nH]n3)c(Oc3cccc([N+](=O)[O-])c3)c2c1. The van der Waals surface area contributed by atoms with Gasteiger partial charge in [0, 0.05) is 16.2 Å². The Hall–Kier alpha value is -4.06. The van der Waals surface area contributed by atoms with Crippen molar-refractivity contribution in [3.05, 3.63) is 57.5 Å². The van der Waals surface area contributed by atoms with Crippen molar-refractivity contribution in [1.82, 2.24) is 20.6 Å². The minimum atomic E-state index is -0.522. The number of tetrazole rings is 1. The molecule has 0 fully saturated rings. The van der Waals surface area contributed by atoms with Gasteiger partial charge in [0.15, 0.2) is 5.75 Å². The standard InChI is InChI=1S/C17H12N6O5S/c1-27-10-5-6-13-12(8-10)14(28-11-4-2-3-9(7-11)23(25)26)15(29-13)16(24)18-17-19-21-22-20-17/h2-8H,1H3,(H2,18,19,20,21,22,24). The molecule has 0 radical (unpaired) electrons. The van der Waals surface area contributed by atoms with Crippen molar-refractivity contribution in [1.29, 1.82) is 0 Å². The second-order valence-electron chi connectivity index (χ2n) is 5.67. The molecular formula is C17H12N6O5S. The van der Waals surface area contributed by atoms with Gasteiger partial charge in [-0.3, -0.25) is 20.2 Å². The van der Waals surface area contributed by atoms with E-state index in [1.165, 1.54) is 36.6 Å². The van der Waals surface area contributed by atoms with Crippen LogP contribution >= 0.6 is 11.3 Å². The Morgan fingerprint density at radius 2 is 2.10 bits per heavy atom. The molecule has 2 heterocycles. The molecule has 0 bridgehead atoms. The summed E-state index contributed by atoms with van der Waals surface area (Å²) in [6.45, 7) is 0. The van der Waals surface area contributed by atoms with Crippen LogP contribution in [0.4, 0.5) is 11.6 Å². The smallest absolute Gasteiger partial charge is 0.273 e. The summed E-state index contributed by atoms with van der Waals surface area (Å²) in [4.78, 5) is 23.6. The number of fused-ring (bicyclic) bond motifs is 1. The third kappa shape index (κ3) is 3.68. The minimum absolute atomic E-state index is 0.00587. The van der Waals surface area contributed by atoms with E-state index < -0.39 is 10.8 Å². The van der Waals surface area contributed by atoms with Crippen molar-refractivity contribution in [3.8, 4) is 17.2 Å². The average Bonchev–Trinajstić information content (AvgIpc) is 3.36. The van der Waals surface area contributed by atoms with Crippen LogP contribution in [0.3, 0.4) is 0 Å². The zero-order chi connectivity index (χ0) is 20.4. The third-order valence-electron chi connectivity index (χ3n) is 3.87. The van der Waals surface area contributed by atoms with Gasteiger partial charge in [-0.2, -0.15) is 5.21 Å². The lowest BCUT2D eigenvalue weighted by Gasteiger charge is -2.08. The Balaban J connectivity index is 1.79. The number of nitro benzene ring substituents is 1. The van der Waals surface area contributed by atoms with Crippen LogP contribution in [0.15, 0.2) is 42.5 Å². The molecule has 12 heteroatoms. The van der Waals surface area contributed by atoms with Gasteiger partial charge in [0.2, 0.25) is 0 Å². The van der Waals surface area contributed by atoms with Gasteiger partial charge >= 0.3 is 0 Å². The van der Waals surface area contributed by atoms with Crippen LogP contribution in [0, 0.1) is 10.1 Å². The number of methoxy groups -OCH3 is 1. The van der Waals surface area contributed by atoms with Crippen LogP contribution in [0.25, 0.3) is 10.1 Å². The quantitative estimate of drug-likeness (QED) is 0.362. The molecular weight excluding hydrogens is 400 g/mol. The van der Waals surface area contributed by atoms with Crippen molar-refractivity contribution < 1.29 is 19.2 Å². The lowest BCUT2D eigenvalue weighted by molar-refractivity contribution is -0.384. The summed E-state index contributed by atoms with van der Waals surface area (Å²) in [5.74, 6) is 0.531. The third-order valence-corrected chi connectivity index (χ3v) is 5.03. The fraction of sp³-hybridized carbons (Fsp3) is 0.0588. The Morgan fingerprint density at radius 1 is 1.24 bits per heavy atom. The summed E-state index contributed by atoms with van der Waals surface area (Å²) < 4.78 is 11.9. The van der Waals surface area contributed by atoms with Crippen LogP contribution in [-0.4, -0.2) is 38.6 Å². The molecule has 0 aliphatic heterocycles. The van der Waals surface area contributed by atoms with E-state index in [0.29, 0.717) is 11.1 Å². The zero-order valence-corrected chi connectivity index (χ0v) is 15.6. The monoisotopic (exact) mass is 412 g/mol. The molecule has 0 aliphatic rings. The predicted molar refractivity (Wildman–Crippen MR) is 104 cm³/mol. The van der Waals surface area contributed by atoms with Crippen molar-refractivity contribution >= 4 is 39.0 Å². The highest BCUT2D eigenvalue weighted by Gasteiger charge is 2.23. The maximum atomic E-state index is 12.8. The molecule has 2 N–H and O–H groups in total. The summed E-state index contributed by atoms with van der Waals surface area (Å²) in [7, 11) is 1.53. The minimum Gasteiger partial charge on any atom is -0.497 e. The molecule has 0 atom stereocenters. The normalized spacial score (nSPS) is 10.7. The molecule has 29 heavy (non-hydrogen) atoms. The summed E-state index contributed by atoms with van der Waals surface area (Å²) in [6, 6.07) is 11.0. The van der Waals surface area contributed by atoms with Crippen molar-refractivity contribution in [2.24, 2.45) is 0 Å². The highest BCUT2D eigenvalue weighted by molar-refractivity contribution is 7.21. The number of nitro groups is 1. The molecule has 1 amide bonds. The number of aromatic amines is 1. The summed E-state index contributed by atoms with van der Waals surface area (Å²) >= 11 is 1.19. The number of non-ortho nitro benzene ring substituents is 1. The van der Waals surface area contributed by atoms with Crippen molar-refractivity contribution in [3.63, 3.8) is 0 Å². The molecule has 146 valence electrons. The van der Waals surface area contributed by atoms with Crippen LogP contribution in [0.2, 0.25) is 0 Å². The van der Waals surface area contributed by atoms with E-state index in [9.17, 15) is 14.9 Å². The van der Waals surface area contributed by atoms with Gasteiger partial charge in [0.05, 0.1) is 18.1 Å². The Bertz CT molecular complexity index is 1210. The predicted octanol–water partition coefficient (Wildman–Crippen LogP) is 3.38. The van der Waals surface area contributed by atoms with E-state index in [4.69, 9.17) is 9.47 Å². The number of ether oxygens (including phenoxy) is 2. The van der Waals surface area contributed by atoms with Gasteiger partial charge in [-0.25, -0.2) is 0 Å². The van der Waals surface area contributed by atoms with E-state index in [0.717, 1.165) is 4.70 Å². The van der Waals surface area contributed by atoms with E-state index in [2.05, 4.69) is 25.9 Å². The lowest BCUT2D eigenvalue weighted by Crippen LogP contribution is -2.12. The first kappa shape index (κ1) is 18.3. The second-order valence-corrected chi connectivity index (χ2v) is 6.72. The van der Waals surface area contributed by atoms with E-state index >= 15 is 0 Å². The number of amides is 1. The second kappa shape index (κ2) is 7.52. The molecule has 2 aromatic heterocycles. The van der Waals surface area contributed by atoms with Gasteiger partial charge in [-0.05, 0) is 29.5 Å². The van der Waals surface area contributed by atoms with E-state index in [1.807, 2.05) is 0 Å². The van der Waals surface area contributed by atoms with Crippen LogP contribution in [0.1, 0.15) is 9.67 Å². The molecule has 0 unspecified atom stereocenters. The summed E-state index contributed by atoms with van der Waals surface area (Å²) in [5, 5.41) is 27.2. The molecule has 4 rings (SSSR count). The number of benzene rings is 2. The number of hydrogen-bond donors (Lipinski definition) is 2. The Morgan fingerprint density at radius 3 is 2.83 bits per heavy atom. The Kier molecular flexibility index (Phi) is 4.75. The molecule has 11 nitrogen and oxygen atoms in total. The molecule has 0 saturated carbocycles. The highest BCUT2D eigenvalue weighted by atomic mass is 32.1. The maximum Gasteiger partial charge on any atom is 0.273 e. The molecule has 0 spiro atoms. The van der Waals surface area contributed by atoms with Crippen molar-refractivity contribution in [2.45, 2.75) is 0 Å². The van der Waals surface area contributed by atoms with Gasteiger partial charge in [-0.1, -0.05) is 11.2 Å². The van der Waals surface area contributed by atoms with E-state index in [-0.39, 0.29) is 28.0 Å². The molecule has 2 aromatic carbocycles. The first-order chi connectivity index (χ1) is 14.0. The van der Waals surface area contributed by atoms with Gasteiger partial charge in [0.25, 0.3) is 17.5 Å². The molecule has 0 aliphatic carbocycles. The van der Waals surface area contributed by atoms with Crippen LogP contribution in [-0.2, 0) is 0 Å². The van der Waals surface area contributed by atoms with Gasteiger partial charge < -0.3 is 9.47 Å². The van der Waals surface area contributed by atoms with E-state index in [1.54, 1.807) is 24.3 Å². The van der Waals surface area contributed by atoms with Gasteiger partial charge in [-0.15, -0.1) is 16.4 Å². The first-order valence-electron chi connectivity index (χ1n) is 8.13. The maximum absolute atomic E-state index is 12.8. The topological polar surface area (TPSA) is 145 Å². The fourth-order valence-corrected chi connectivity index (χ4v) is 3.59. The van der Waals surface area contributed by atoms with Gasteiger partial charge in [0.1, 0.15) is 16.4 Å². The highest BCUT2D eigenvalue weighted by Crippen LogP contribution is 2.42. The molecule has 0 saturated heterocycles. The number of thiophene rings is 1. The number of nitrogens with zero attached hydrogens (tertiary/aromatic N) is 4. The number of hydrogen-bond acceptors (Lipinski definition) is 9. The number of anilines is 1. The zero-order valence-electron chi connectivity index (χ0n) is 14.8.